The lowest BCUT2D eigenvalue weighted by atomic mass is 10.0. The van der Waals surface area contributed by atoms with E-state index < -0.39 is 17.7 Å². The van der Waals surface area contributed by atoms with Crippen LogP contribution < -0.4 is 14.4 Å². The molecule has 0 bridgehead atoms. The number of aromatic nitrogens is 1. The zero-order chi connectivity index (χ0) is 28.4. The quantitative estimate of drug-likeness (QED) is 0.409. The zero-order valence-electron chi connectivity index (χ0n) is 23.5. The maximum atomic E-state index is 13.7. The fraction of sp³-hybridized carbons (Fsp3) is 0.433. The Hall–Kier alpha value is -3.73. The van der Waals surface area contributed by atoms with Crippen LogP contribution in [0.25, 0.3) is 10.9 Å². The summed E-state index contributed by atoms with van der Waals surface area (Å²) in [5.41, 5.74) is 1.06. The number of benzene rings is 2. The summed E-state index contributed by atoms with van der Waals surface area (Å²) in [6.07, 6.45) is 1.02. The van der Waals surface area contributed by atoms with Gasteiger partial charge in [0.15, 0.2) is 11.5 Å². The standard InChI is InChI=1S/C30H37N5O5/c1-30(2)28(37)35(29(38)34(30)18-21-11-12-31-25-8-6-5-7-24(21)25)22-9-10-26(39-4)27(17-22)40-20-23(36)19-33-15-13-32(3)14-16-33/h5-12,17,23,36H,13-16,18-20H2,1-4H3. The number of pyridine rings is 1. The first kappa shape index (κ1) is 27.8. The summed E-state index contributed by atoms with van der Waals surface area (Å²) >= 11 is 0. The SMILES string of the molecule is COc1ccc(N2C(=O)N(Cc3ccnc4ccccc34)C(C)(C)C2=O)cc1OCC(O)CN1CCN(C)CC1. The van der Waals surface area contributed by atoms with Gasteiger partial charge in [0.2, 0.25) is 0 Å². The maximum absolute atomic E-state index is 13.7. The molecule has 1 N–H and O–H groups in total. The van der Waals surface area contributed by atoms with Gasteiger partial charge in [-0.3, -0.25) is 14.7 Å². The van der Waals surface area contributed by atoms with Crippen LogP contribution in [0.3, 0.4) is 0 Å². The van der Waals surface area contributed by atoms with Gasteiger partial charge in [0.05, 0.1) is 18.3 Å². The molecule has 2 fully saturated rings. The normalized spacial score (nSPS) is 18.9. The second-order valence-corrected chi connectivity index (χ2v) is 11.0. The number of urea groups is 1. The summed E-state index contributed by atoms with van der Waals surface area (Å²) in [7, 11) is 3.62. The highest BCUT2D eigenvalue weighted by atomic mass is 16.5. The third kappa shape index (κ3) is 5.47. The van der Waals surface area contributed by atoms with E-state index in [0.29, 0.717) is 23.7 Å². The number of anilines is 1. The van der Waals surface area contributed by atoms with Crippen LogP contribution >= 0.6 is 0 Å². The molecular weight excluding hydrogens is 510 g/mol. The number of fused-ring (bicyclic) bond motifs is 1. The Labute approximate surface area is 234 Å². The van der Waals surface area contributed by atoms with Gasteiger partial charge in [0.25, 0.3) is 5.91 Å². The molecule has 1 atom stereocenters. The van der Waals surface area contributed by atoms with Gasteiger partial charge in [-0.2, -0.15) is 0 Å². The van der Waals surface area contributed by atoms with E-state index >= 15 is 0 Å². The Morgan fingerprint density at radius 1 is 1.02 bits per heavy atom. The number of aliphatic hydroxyl groups excluding tert-OH is 1. The van der Waals surface area contributed by atoms with E-state index in [1.807, 2.05) is 30.3 Å². The van der Waals surface area contributed by atoms with Gasteiger partial charge in [-0.05, 0) is 50.7 Å². The minimum absolute atomic E-state index is 0.0563. The lowest BCUT2D eigenvalue weighted by Crippen LogP contribution is -2.47. The minimum atomic E-state index is -1.07. The smallest absolute Gasteiger partial charge is 0.332 e. The molecule has 2 aliphatic heterocycles. The number of nitrogens with zero attached hydrogens (tertiary/aromatic N) is 5. The first-order chi connectivity index (χ1) is 19.2. The summed E-state index contributed by atoms with van der Waals surface area (Å²) in [4.78, 5) is 39.0. The largest absolute Gasteiger partial charge is 0.493 e. The Morgan fingerprint density at radius 3 is 2.52 bits per heavy atom. The molecule has 3 aromatic rings. The highest BCUT2D eigenvalue weighted by molar-refractivity contribution is 6.23. The summed E-state index contributed by atoms with van der Waals surface area (Å²) in [6, 6.07) is 14.2. The monoisotopic (exact) mass is 547 g/mol. The molecule has 3 heterocycles. The van der Waals surface area contributed by atoms with E-state index in [1.165, 1.54) is 12.0 Å². The number of carbonyl (C=O) groups excluding carboxylic acids is 2. The van der Waals surface area contributed by atoms with Gasteiger partial charge in [-0.15, -0.1) is 0 Å². The van der Waals surface area contributed by atoms with Crippen molar-refractivity contribution in [3.05, 3.63) is 60.3 Å². The molecule has 10 heteroatoms. The van der Waals surface area contributed by atoms with Crippen LogP contribution in [0.4, 0.5) is 10.5 Å². The molecule has 40 heavy (non-hydrogen) atoms. The predicted molar refractivity (Wildman–Crippen MR) is 153 cm³/mol. The molecule has 0 saturated carbocycles. The van der Waals surface area contributed by atoms with Crippen molar-refractivity contribution in [3.8, 4) is 11.5 Å². The van der Waals surface area contributed by atoms with Crippen molar-refractivity contribution in [2.45, 2.75) is 32.0 Å². The number of ether oxygens (including phenoxy) is 2. The maximum Gasteiger partial charge on any atom is 0.332 e. The zero-order valence-corrected chi connectivity index (χ0v) is 23.5. The van der Waals surface area contributed by atoms with Crippen molar-refractivity contribution in [3.63, 3.8) is 0 Å². The second-order valence-electron chi connectivity index (χ2n) is 11.0. The van der Waals surface area contributed by atoms with Crippen molar-refractivity contribution < 1.29 is 24.2 Å². The predicted octanol–water partition coefficient (Wildman–Crippen LogP) is 2.98. The average Bonchev–Trinajstić information content (AvgIpc) is 3.12. The summed E-state index contributed by atoms with van der Waals surface area (Å²) in [6.45, 7) is 8.05. The summed E-state index contributed by atoms with van der Waals surface area (Å²) in [5.74, 6) is 0.477. The number of methoxy groups -OCH3 is 1. The Morgan fingerprint density at radius 2 is 1.77 bits per heavy atom. The van der Waals surface area contributed by atoms with Crippen LogP contribution in [0.1, 0.15) is 19.4 Å². The van der Waals surface area contributed by atoms with Crippen molar-refractivity contribution in [2.75, 3.05) is 58.4 Å². The number of aliphatic hydroxyl groups is 1. The molecule has 2 aliphatic rings. The first-order valence-electron chi connectivity index (χ1n) is 13.6. The van der Waals surface area contributed by atoms with Gasteiger partial charge in [-0.1, -0.05) is 18.2 Å². The van der Waals surface area contributed by atoms with E-state index in [9.17, 15) is 14.7 Å². The van der Waals surface area contributed by atoms with Crippen LogP contribution in [0.15, 0.2) is 54.7 Å². The molecule has 5 rings (SSSR count). The molecule has 0 aliphatic carbocycles. The van der Waals surface area contributed by atoms with Crippen LogP contribution in [0.2, 0.25) is 0 Å². The number of carbonyl (C=O) groups is 2. The van der Waals surface area contributed by atoms with E-state index in [2.05, 4.69) is 21.8 Å². The molecule has 3 amide bonds. The lowest BCUT2D eigenvalue weighted by molar-refractivity contribution is -0.123. The number of para-hydroxylation sites is 1. The van der Waals surface area contributed by atoms with Crippen LogP contribution in [-0.4, -0.2) is 102 Å². The topological polar surface area (TPSA) is 98.7 Å². The van der Waals surface area contributed by atoms with Gasteiger partial charge >= 0.3 is 6.03 Å². The Kier molecular flexibility index (Phi) is 7.93. The van der Waals surface area contributed by atoms with E-state index in [-0.39, 0.29) is 19.1 Å². The lowest BCUT2D eigenvalue weighted by Gasteiger charge is -2.33. The molecular formula is C30H37N5O5. The first-order valence-corrected chi connectivity index (χ1v) is 13.6. The molecule has 2 saturated heterocycles. The molecule has 212 valence electrons. The molecule has 0 spiro atoms. The second kappa shape index (κ2) is 11.4. The molecule has 0 radical (unpaired) electrons. The number of amides is 3. The highest BCUT2D eigenvalue weighted by Gasteiger charge is 2.52. The number of likely N-dealkylation sites (N-methyl/N-ethyl adjacent to an activating group) is 1. The van der Waals surface area contributed by atoms with Gasteiger partial charge in [0.1, 0.15) is 18.2 Å². The van der Waals surface area contributed by atoms with E-state index in [4.69, 9.17) is 9.47 Å². The van der Waals surface area contributed by atoms with Gasteiger partial charge in [0, 0.05) is 56.9 Å². The fourth-order valence-corrected chi connectivity index (χ4v) is 5.28. The number of hydrogen-bond acceptors (Lipinski definition) is 8. The van der Waals surface area contributed by atoms with Crippen molar-refractivity contribution in [1.29, 1.82) is 0 Å². The van der Waals surface area contributed by atoms with E-state index in [0.717, 1.165) is 42.6 Å². The van der Waals surface area contributed by atoms with Crippen molar-refractivity contribution in [2.24, 2.45) is 0 Å². The Bertz CT molecular complexity index is 1380. The summed E-state index contributed by atoms with van der Waals surface area (Å²) < 4.78 is 11.4. The molecule has 2 aromatic carbocycles. The third-order valence-corrected chi connectivity index (χ3v) is 7.79. The molecule has 10 nitrogen and oxygen atoms in total. The number of hydrogen-bond donors (Lipinski definition) is 1. The molecule has 1 aromatic heterocycles. The van der Waals surface area contributed by atoms with Crippen LogP contribution in [0, 0.1) is 0 Å². The van der Waals surface area contributed by atoms with Gasteiger partial charge < -0.3 is 24.4 Å². The van der Waals surface area contributed by atoms with Crippen LogP contribution in [-0.2, 0) is 11.3 Å². The van der Waals surface area contributed by atoms with Crippen molar-refractivity contribution in [1.82, 2.24) is 19.7 Å². The van der Waals surface area contributed by atoms with Gasteiger partial charge in [-0.25, -0.2) is 9.69 Å². The third-order valence-electron chi connectivity index (χ3n) is 7.79. The van der Waals surface area contributed by atoms with E-state index in [1.54, 1.807) is 43.1 Å². The number of piperazine rings is 1. The Balaban J connectivity index is 1.34. The van der Waals surface area contributed by atoms with Crippen molar-refractivity contribution >= 4 is 28.5 Å². The average molecular weight is 548 g/mol. The number of rotatable bonds is 9. The fourth-order valence-electron chi connectivity index (χ4n) is 5.28. The minimum Gasteiger partial charge on any atom is -0.493 e. The number of β-amino-alcohol motifs (C(OH)–C–C–N with tert-alkyl or cyclic N) is 1. The van der Waals surface area contributed by atoms with Crippen LogP contribution in [0.5, 0.6) is 11.5 Å². The summed E-state index contributed by atoms with van der Waals surface area (Å²) in [5, 5.41) is 11.6. The highest BCUT2D eigenvalue weighted by Crippen LogP contribution is 2.38. The number of imide groups is 1. The molecule has 1 unspecified atom stereocenters.